The van der Waals surface area contributed by atoms with Crippen LogP contribution in [-0.2, 0) is 26.1 Å². The van der Waals surface area contributed by atoms with Crippen LogP contribution in [-0.4, -0.2) is 50.7 Å². The number of phenolic OH excluding ortho intramolecular Hbond substituents is 1. The van der Waals surface area contributed by atoms with E-state index < -0.39 is 16.3 Å². The zero-order chi connectivity index (χ0) is 31.4. The number of phenols is 1. The lowest BCUT2D eigenvalue weighted by Crippen LogP contribution is -2.38. The Morgan fingerprint density at radius 2 is 1.67 bits per heavy atom. The number of sulfonamides is 1. The van der Waals surface area contributed by atoms with E-state index >= 15 is 0 Å². The minimum absolute atomic E-state index is 0.0617. The third kappa shape index (κ3) is 7.02. The summed E-state index contributed by atoms with van der Waals surface area (Å²) in [5.74, 6) is 0.545. The van der Waals surface area contributed by atoms with Gasteiger partial charge in [0.15, 0.2) is 6.29 Å². The third-order valence-corrected chi connectivity index (χ3v) is 9.90. The van der Waals surface area contributed by atoms with E-state index in [1.54, 1.807) is 65.3 Å². The summed E-state index contributed by atoms with van der Waals surface area (Å²) >= 11 is 1.43. The Balaban J connectivity index is 1.26. The molecule has 6 rings (SSSR count). The highest BCUT2D eigenvalue weighted by Gasteiger charge is 2.38. The summed E-state index contributed by atoms with van der Waals surface area (Å²) in [6, 6.07) is 29.4. The Morgan fingerprint density at radius 1 is 0.911 bits per heavy atom. The molecule has 45 heavy (non-hydrogen) atoms. The van der Waals surface area contributed by atoms with Gasteiger partial charge in [-0.15, -0.1) is 5.10 Å². The molecule has 1 saturated heterocycles. The minimum Gasteiger partial charge on any atom is -0.508 e. The predicted molar refractivity (Wildman–Crippen MR) is 168 cm³/mol. The highest BCUT2D eigenvalue weighted by Crippen LogP contribution is 2.43. The van der Waals surface area contributed by atoms with Gasteiger partial charge in [-0.25, -0.2) is 8.42 Å². The molecule has 1 aliphatic heterocycles. The van der Waals surface area contributed by atoms with Gasteiger partial charge >= 0.3 is 0 Å². The van der Waals surface area contributed by atoms with E-state index in [4.69, 9.17) is 9.47 Å². The summed E-state index contributed by atoms with van der Waals surface area (Å²) in [6.07, 6.45) is -1.48. The highest BCUT2D eigenvalue weighted by atomic mass is 32.2. The van der Waals surface area contributed by atoms with Crippen molar-refractivity contribution in [2.75, 3.05) is 10.5 Å². The highest BCUT2D eigenvalue weighted by molar-refractivity contribution is 7.99. The standard InChI is InChI=1S/C32H31N5O6S2/c1-21-29(20-44-32-33-35-36-37(32)26-14-16-27(39)17-15-26)42-31(43-30(21)23-12-10-22(19-38)11-13-23)24-6-5-7-25(18-24)34-45(40,41)28-8-3-2-4-9-28/h2-18,21,29-31,34,38-39H,19-20H2,1H3/t21-,29+,30+,31?/m0/s1. The molecular formula is C32H31N5O6S2. The average Bonchev–Trinajstić information content (AvgIpc) is 3.54. The molecule has 1 aliphatic rings. The third-order valence-electron chi connectivity index (χ3n) is 7.50. The normalized spacial score (nSPS) is 20.1. The number of nitrogens with one attached hydrogen (secondary N) is 1. The average molecular weight is 646 g/mol. The first kappa shape index (κ1) is 30.7. The van der Waals surface area contributed by atoms with Gasteiger partial charge in [-0.05, 0) is 70.1 Å². The number of tetrazole rings is 1. The van der Waals surface area contributed by atoms with E-state index in [-0.39, 0.29) is 35.4 Å². The van der Waals surface area contributed by atoms with Gasteiger partial charge in [-0.1, -0.05) is 73.3 Å². The molecule has 5 aromatic rings. The van der Waals surface area contributed by atoms with Crippen molar-refractivity contribution in [3.8, 4) is 11.4 Å². The number of aromatic hydroxyl groups is 1. The van der Waals surface area contributed by atoms with Gasteiger partial charge in [-0.2, -0.15) is 4.68 Å². The molecule has 0 saturated carbocycles. The van der Waals surface area contributed by atoms with Crippen LogP contribution in [0.15, 0.2) is 113 Å². The number of benzene rings is 4. The van der Waals surface area contributed by atoms with Crippen LogP contribution in [0.3, 0.4) is 0 Å². The largest absolute Gasteiger partial charge is 0.508 e. The molecule has 13 heteroatoms. The maximum atomic E-state index is 13.0. The number of hydrogen-bond donors (Lipinski definition) is 3. The number of aliphatic hydroxyl groups excluding tert-OH is 1. The van der Waals surface area contributed by atoms with Crippen molar-refractivity contribution in [2.24, 2.45) is 5.92 Å². The molecular weight excluding hydrogens is 615 g/mol. The van der Waals surface area contributed by atoms with Gasteiger partial charge in [0, 0.05) is 22.9 Å². The first-order valence-electron chi connectivity index (χ1n) is 14.2. The number of aromatic nitrogens is 4. The molecule has 4 aromatic carbocycles. The van der Waals surface area contributed by atoms with Crippen LogP contribution in [0.25, 0.3) is 5.69 Å². The van der Waals surface area contributed by atoms with Crippen LogP contribution in [0.5, 0.6) is 5.75 Å². The lowest BCUT2D eigenvalue weighted by atomic mass is 9.91. The Bertz CT molecular complexity index is 1840. The molecule has 4 atom stereocenters. The SMILES string of the molecule is C[C@H]1[C@@H](CSc2nnnn2-c2ccc(O)cc2)OC(c2cccc(NS(=O)(=O)c3ccccc3)c2)O[C@H]1c1ccc(CO)cc1. The first-order valence-corrected chi connectivity index (χ1v) is 16.7. The van der Waals surface area contributed by atoms with Crippen LogP contribution in [0.2, 0.25) is 0 Å². The Morgan fingerprint density at radius 3 is 2.40 bits per heavy atom. The van der Waals surface area contributed by atoms with Gasteiger partial charge < -0.3 is 19.7 Å². The maximum Gasteiger partial charge on any atom is 0.261 e. The number of aliphatic hydroxyl groups is 1. The zero-order valence-corrected chi connectivity index (χ0v) is 25.8. The van der Waals surface area contributed by atoms with Gasteiger partial charge in [0.1, 0.15) is 5.75 Å². The van der Waals surface area contributed by atoms with Gasteiger partial charge in [0.2, 0.25) is 5.16 Å². The Kier molecular flexibility index (Phi) is 9.14. The molecule has 3 N–H and O–H groups in total. The lowest BCUT2D eigenvalue weighted by molar-refractivity contribution is -0.268. The number of ether oxygens (including phenoxy) is 2. The first-order chi connectivity index (χ1) is 21.8. The molecule has 0 spiro atoms. The van der Waals surface area contributed by atoms with Gasteiger partial charge in [0.25, 0.3) is 10.0 Å². The van der Waals surface area contributed by atoms with Crippen molar-refractivity contribution in [2.45, 2.75) is 42.1 Å². The van der Waals surface area contributed by atoms with Crippen molar-refractivity contribution < 1.29 is 28.1 Å². The number of hydrogen-bond acceptors (Lipinski definition) is 10. The van der Waals surface area contributed by atoms with Crippen molar-refractivity contribution in [1.29, 1.82) is 0 Å². The monoisotopic (exact) mass is 645 g/mol. The summed E-state index contributed by atoms with van der Waals surface area (Å²) < 4.78 is 43.3. The molecule has 1 unspecified atom stereocenters. The van der Waals surface area contributed by atoms with Crippen molar-refractivity contribution in [3.63, 3.8) is 0 Å². The van der Waals surface area contributed by atoms with Crippen LogP contribution in [0, 0.1) is 5.92 Å². The number of anilines is 1. The maximum absolute atomic E-state index is 13.0. The van der Waals surface area contributed by atoms with Crippen LogP contribution >= 0.6 is 11.8 Å². The van der Waals surface area contributed by atoms with Gasteiger partial charge in [-0.3, -0.25) is 4.72 Å². The minimum atomic E-state index is -3.79. The molecule has 2 heterocycles. The van der Waals surface area contributed by atoms with Crippen LogP contribution < -0.4 is 4.72 Å². The molecule has 11 nitrogen and oxygen atoms in total. The topological polar surface area (TPSA) is 149 Å². The Labute approximate surface area is 264 Å². The van der Waals surface area contributed by atoms with Crippen molar-refractivity contribution in [1.82, 2.24) is 20.2 Å². The van der Waals surface area contributed by atoms with Crippen molar-refractivity contribution in [3.05, 3.63) is 120 Å². The van der Waals surface area contributed by atoms with Crippen LogP contribution in [0.4, 0.5) is 5.69 Å². The quantitative estimate of drug-likeness (QED) is 0.172. The lowest BCUT2D eigenvalue weighted by Gasteiger charge is -2.41. The number of thioether (sulfide) groups is 1. The molecule has 1 aromatic heterocycles. The molecule has 1 fully saturated rings. The van der Waals surface area contributed by atoms with Crippen molar-refractivity contribution >= 4 is 27.5 Å². The second-order valence-corrected chi connectivity index (χ2v) is 13.2. The molecule has 0 bridgehead atoms. The second kappa shape index (κ2) is 13.4. The Hall–Kier alpha value is -4.27. The van der Waals surface area contributed by atoms with E-state index in [2.05, 4.69) is 27.2 Å². The fourth-order valence-electron chi connectivity index (χ4n) is 5.05. The van der Waals surface area contributed by atoms with E-state index in [0.717, 1.165) is 11.1 Å². The number of nitrogens with zero attached hydrogens (tertiary/aromatic N) is 4. The van der Waals surface area contributed by atoms with E-state index in [1.807, 2.05) is 30.3 Å². The van der Waals surface area contributed by atoms with Gasteiger partial charge in [0.05, 0.1) is 29.4 Å². The molecule has 0 aliphatic carbocycles. The summed E-state index contributed by atoms with van der Waals surface area (Å²) in [5.41, 5.74) is 3.45. The van der Waals surface area contributed by atoms with Crippen LogP contribution in [0.1, 0.15) is 36.0 Å². The summed E-state index contributed by atoms with van der Waals surface area (Å²) in [6.45, 7) is 1.99. The predicted octanol–water partition coefficient (Wildman–Crippen LogP) is 5.24. The van der Waals surface area contributed by atoms with E-state index in [9.17, 15) is 18.6 Å². The molecule has 0 radical (unpaired) electrons. The smallest absolute Gasteiger partial charge is 0.261 e. The van der Waals surface area contributed by atoms with E-state index in [1.165, 1.54) is 23.9 Å². The molecule has 0 amide bonds. The summed E-state index contributed by atoms with van der Waals surface area (Å²) in [5, 5.41) is 31.9. The summed E-state index contributed by atoms with van der Waals surface area (Å²) in [7, 11) is -3.79. The second-order valence-electron chi connectivity index (χ2n) is 10.6. The zero-order valence-electron chi connectivity index (χ0n) is 24.2. The molecule has 232 valence electrons. The fraction of sp³-hybridized carbons (Fsp3) is 0.219. The fourth-order valence-corrected chi connectivity index (χ4v) is 7.18. The number of rotatable bonds is 10. The van der Waals surface area contributed by atoms with E-state index in [0.29, 0.717) is 27.8 Å². The summed E-state index contributed by atoms with van der Waals surface area (Å²) in [4.78, 5) is 0.160.